The molecule has 0 saturated heterocycles. The Morgan fingerprint density at radius 3 is 2.67 bits per heavy atom. The van der Waals surface area contributed by atoms with E-state index >= 15 is 0 Å². The lowest BCUT2D eigenvalue weighted by atomic mass is 10.3. The molecule has 1 aliphatic carbocycles. The van der Waals surface area contributed by atoms with E-state index in [1.807, 2.05) is 0 Å². The molecule has 2 N–H and O–H groups in total. The molecule has 0 aliphatic heterocycles. The fourth-order valence-corrected chi connectivity index (χ4v) is 2.00. The van der Waals surface area contributed by atoms with Crippen LogP contribution in [0.3, 0.4) is 0 Å². The quantitative estimate of drug-likeness (QED) is 0.851. The van der Waals surface area contributed by atoms with Crippen molar-refractivity contribution in [2.24, 2.45) is 0 Å². The molecule has 1 aliphatic rings. The Kier molecular flexibility index (Phi) is 3.79. The second kappa shape index (κ2) is 5.17. The minimum atomic E-state index is -4.11. The van der Waals surface area contributed by atoms with E-state index in [-0.39, 0.29) is 6.04 Å². The SMILES string of the molecule is Nc1ccn(CCCN(CC(F)(F)F)C2CC2)n1. The van der Waals surface area contributed by atoms with Gasteiger partial charge in [0.25, 0.3) is 0 Å². The molecule has 1 fully saturated rings. The summed E-state index contributed by atoms with van der Waals surface area (Å²) in [7, 11) is 0. The average molecular weight is 262 g/mol. The van der Waals surface area contributed by atoms with Crippen molar-refractivity contribution in [3.8, 4) is 0 Å². The Bertz CT molecular complexity index is 384. The van der Waals surface area contributed by atoms with Gasteiger partial charge < -0.3 is 5.73 Å². The van der Waals surface area contributed by atoms with E-state index in [0.29, 0.717) is 25.3 Å². The van der Waals surface area contributed by atoms with Crippen LogP contribution in [-0.4, -0.2) is 40.0 Å². The van der Waals surface area contributed by atoms with E-state index in [2.05, 4.69) is 5.10 Å². The molecule has 0 bridgehead atoms. The van der Waals surface area contributed by atoms with Crippen LogP contribution in [0.1, 0.15) is 19.3 Å². The summed E-state index contributed by atoms with van der Waals surface area (Å²) in [4.78, 5) is 1.52. The molecule has 0 spiro atoms. The largest absolute Gasteiger partial charge is 0.401 e. The van der Waals surface area contributed by atoms with Crippen molar-refractivity contribution < 1.29 is 13.2 Å². The smallest absolute Gasteiger partial charge is 0.382 e. The number of nitrogens with zero attached hydrogens (tertiary/aromatic N) is 3. The van der Waals surface area contributed by atoms with Crippen LogP contribution in [0.5, 0.6) is 0 Å². The number of aromatic nitrogens is 2. The van der Waals surface area contributed by atoms with Crippen LogP contribution in [0, 0.1) is 0 Å². The van der Waals surface area contributed by atoms with Gasteiger partial charge in [-0.3, -0.25) is 9.58 Å². The molecular weight excluding hydrogens is 245 g/mol. The second-order valence-corrected chi connectivity index (χ2v) is 4.67. The summed E-state index contributed by atoms with van der Waals surface area (Å²) < 4.78 is 38.8. The Morgan fingerprint density at radius 1 is 1.44 bits per heavy atom. The van der Waals surface area contributed by atoms with Gasteiger partial charge in [-0.2, -0.15) is 18.3 Å². The number of alkyl halides is 3. The number of nitrogen functional groups attached to an aromatic ring is 1. The molecule has 1 saturated carbocycles. The highest BCUT2D eigenvalue weighted by atomic mass is 19.4. The summed E-state index contributed by atoms with van der Waals surface area (Å²) in [6, 6.07) is 1.79. The summed E-state index contributed by atoms with van der Waals surface area (Å²) in [5, 5.41) is 4.00. The van der Waals surface area contributed by atoms with Gasteiger partial charge in [0.2, 0.25) is 0 Å². The Hall–Kier alpha value is -1.24. The van der Waals surface area contributed by atoms with Gasteiger partial charge >= 0.3 is 6.18 Å². The van der Waals surface area contributed by atoms with Crippen LogP contribution < -0.4 is 5.73 Å². The van der Waals surface area contributed by atoms with E-state index in [1.165, 1.54) is 4.90 Å². The maximum atomic E-state index is 12.4. The van der Waals surface area contributed by atoms with Crippen molar-refractivity contribution >= 4 is 5.82 Å². The maximum Gasteiger partial charge on any atom is 0.401 e. The minimum absolute atomic E-state index is 0.120. The minimum Gasteiger partial charge on any atom is -0.382 e. The van der Waals surface area contributed by atoms with Crippen LogP contribution >= 0.6 is 0 Å². The summed E-state index contributed by atoms with van der Waals surface area (Å²) >= 11 is 0. The lowest BCUT2D eigenvalue weighted by Gasteiger charge is -2.23. The number of nitrogens with two attached hydrogens (primary N) is 1. The van der Waals surface area contributed by atoms with Gasteiger partial charge in [0.1, 0.15) is 5.82 Å². The van der Waals surface area contributed by atoms with Crippen molar-refractivity contribution in [3.05, 3.63) is 12.3 Å². The maximum absolute atomic E-state index is 12.4. The highest BCUT2D eigenvalue weighted by Gasteiger charge is 2.37. The van der Waals surface area contributed by atoms with Crippen LogP contribution in [-0.2, 0) is 6.54 Å². The number of rotatable bonds is 6. The van der Waals surface area contributed by atoms with Crippen molar-refractivity contribution in [2.75, 3.05) is 18.8 Å². The predicted octanol–water partition coefficient (Wildman–Crippen LogP) is 1.88. The molecule has 0 radical (unpaired) electrons. The molecule has 1 aromatic heterocycles. The standard InChI is InChI=1S/C11H17F3N4/c12-11(13,14)8-17(9-2-3-9)5-1-6-18-7-4-10(15)16-18/h4,7,9H,1-3,5-6,8H2,(H2,15,16). The third kappa shape index (κ3) is 4.21. The predicted molar refractivity (Wildman–Crippen MR) is 61.9 cm³/mol. The lowest BCUT2D eigenvalue weighted by Crippen LogP contribution is -2.36. The van der Waals surface area contributed by atoms with Gasteiger partial charge in [0.05, 0.1) is 6.54 Å². The Labute approximate surface area is 104 Å². The fraction of sp³-hybridized carbons (Fsp3) is 0.727. The zero-order valence-corrected chi connectivity index (χ0v) is 10.0. The van der Waals surface area contributed by atoms with Gasteiger partial charge in [-0.15, -0.1) is 0 Å². The first-order valence-corrected chi connectivity index (χ1v) is 6.04. The number of halogens is 3. The van der Waals surface area contributed by atoms with Crippen molar-refractivity contribution in [3.63, 3.8) is 0 Å². The average Bonchev–Trinajstić information content (AvgIpc) is 3.00. The van der Waals surface area contributed by atoms with E-state index in [9.17, 15) is 13.2 Å². The van der Waals surface area contributed by atoms with E-state index in [1.54, 1.807) is 16.9 Å². The number of hydrogen-bond donors (Lipinski definition) is 1. The molecule has 4 nitrogen and oxygen atoms in total. The first-order chi connectivity index (χ1) is 8.44. The highest BCUT2D eigenvalue weighted by molar-refractivity contribution is 5.23. The molecule has 1 heterocycles. The Morgan fingerprint density at radius 2 is 2.17 bits per heavy atom. The van der Waals surface area contributed by atoms with Crippen molar-refractivity contribution in [1.82, 2.24) is 14.7 Å². The van der Waals surface area contributed by atoms with Crippen LogP contribution in [0.25, 0.3) is 0 Å². The third-order valence-electron chi connectivity index (χ3n) is 2.94. The number of aryl methyl sites for hydroxylation is 1. The van der Waals surface area contributed by atoms with Crippen LogP contribution in [0.2, 0.25) is 0 Å². The Balaban J connectivity index is 1.76. The first-order valence-electron chi connectivity index (χ1n) is 6.04. The summed E-state index contributed by atoms with van der Waals surface area (Å²) in [5.41, 5.74) is 5.46. The summed E-state index contributed by atoms with van der Waals surface area (Å²) in [6.45, 7) is 0.237. The molecule has 102 valence electrons. The third-order valence-corrected chi connectivity index (χ3v) is 2.94. The number of anilines is 1. The van der Waals surface area contributed by atoms with Crippen molar-refractivity contribution in [1.29, 1.82) is 0 Å². The first kappa shape index (κ1) is 13.2. The van der Waals surface area contributed by atoms with Crippen LogP contribution in [0.4, 0.5) is 19.0 Å². The molecule has 2 rings (SSSR count). The summed E-state index contributed by atoms with van der Waals surface area (Å²) in [6.07, 6.45) is 0.0303. The van der Waals surface area contributed by atoms with E-state index in [0.717, 1.165) is 12.8 Å². The van der Waals surface area contributed by atoms with Gasteiger partial charge in [0.15, 0.2) is 0 Å². The van der Waals surface area contributed by atoms with E-state index in [4.69, 9.17) is 5.73 Å². The zero-order chi connectivity index (χ0) is 13.2. The highest BCUT2D eigenvalue weighted by Crippen LogP contribution is 2.30. The van der Waals surface area contributed by atoms with Gasteiger partial charge in [0, 0.05) is 25.3 Å². The normalized spacial score (nSPS) is 16.4. The second-order valence-electron chi connectivity index (χ2n) is 4.67. The molecule has 1 aromatic rings. The van der Waals surface area contributed by atoms with Gasteiger partial charge in [-0.05, 0) is 25.3 Å². The molecule has 0 aromatic carbocycles. The van der Waals surface area contributed by atoms with Gasteiger partial charge in [-0.1, -0.05) is 0 Å². The molecular formula is C11H17F3N4. The molecule has 18 heavy (non-hydrogen) atoms. The van der Waals surface area contributed by atoms with E-state index < -0.39 is 12.7 Å². The molecule has 0 unspecified atom stereocenters. The van der Waals surface area contributed by atoms with Gasteiger partial charge in [-0.25, -0.2) is 0 Å². The topological polar surface area (TPSA) is 47.1 Å². The molecule has 7 heteroatoms. The summed E-state index contributed by atoms with van der Waals surface area (Å²) in [5.74, 6) is 0.435. The fourth-order valence-electron chi connectivity index (χ4n) is 2.00. The monoisotopic (exact) mass is 262 g/mol. The van der Waals surface area contributed by atoms with Crippen LogP contribution in [0.15, 0.2) is 12.3 Å². The number of hydrogen-bond acceptors (Lipinski definition) is 3. The molecule has 0 amide bonds. The zero-order valence-electron chi connectivity index (χ0n) is 10.0. The van der Waals surface area contributed by atoms with Crippen molar-refractivity contribution in [2.45, 2.75) is 38.0 Å². The molecule has 0 atom stereocenters. The lowest BCUT2D eigenvalue weighted by molar-refractivity contribution is -0.147.